The molecule has 0 fully saturated rings. The fraction of sp³-hybridized carbons (Fsp3) is 0.231. The minimum Gasteiger partial charge on any atom is -0.495 e. The Kier molecular flexibility index (Phi) is 3.62. The Morgan fingerprint density at radius 3 is 2.89 bits per heavy atom. The maximum Gasteiger partial charge on any atom is 0.232 e. The number of imidazole rings is 1. The number of nitrogens with zero attached hydrogens (tertiary/aromatic N) is 2. The van der Waals surface area contributed by atoms with E-state index in [0.717, 1.165) is 5.82 Å². The van der Waals surface area contributed by atoms with Crippen molar-refractivity contribution in [1.29, 1.82) is 0 Å². The Balaban J connectivity index is 2.05. The number of carbonyl (C=O) groups excluding carboxylic acids is 1. The molecule has 94 valence electrons. The van der Waals surface area contributed by atoms with E-state index in [2.05, 4.69) is 10.3 Å². The predicted octanol–water partition coefficient (Wildman–Crippen LogP) is 1.61. The Labute approximate surface area is 105 Å². The van der Waals surface area contributed by atoms with Crippen LogP contribution in [-0.4, -0.2) is 22.6 Å². The minimum atomic E-state index is -0.117. The highest BCUT2D eigenvalue weighted by atomic mass is 16.5. The number of rotatable bonds is 4. The molecule has 2 rings (SSSR count). The van der Waals surface area contributed by atoms with Gasteiger partial charge in [-0.1, -0.05) is 12.1 Å². The molecule has 2 aromatic rings. The molecular weight excluding hydrogens is 230 g/mol. The van der Waals surface area contributed by atoms with Gasteiger partial charge in [0.1, 0.15) is 11.6 Å². The largest absolute Gasteiger partial charge is 0.495 e. The van der Waals surface area contributed by atoms with Gasteiger partial charge in [0.2, 0.25) is 5.91 Å². The van der Waals surface area contributed by atoms with Crippen molar-refractivity contribution >= 4 is 11.6 Å². The summed E-state index contributed by atoms with van der Waals surface area (Å²) in [5.41, 5.74) is 0.666. The third-order valence-corrected chi connectivity index (χ3v) is 2.62. The number of benzene rings is 1. The highest BCUT2D eigenvalue weighted by Gasteiger charge is 2.09. The highest BCUT2D eigenvalue weighted by molar-refractivity contribution is 5.93. The molecule has 5 nitrogen and oxygen atoms in total. The number of amides is 1. The highest BCUT2D eigenvalue weighted by Crippen LogP contribution is 2.22. The van der Waals surface area contributed by atoms with E-state index >= 15 is 0 Å². The molecule has 0 unspecified atom stereocenters. The van der Waals surface area contributed by atoms with E-state index in [0.29, 0.717) is 11.4 Å². The number of ether oxygens (including phenoxy) is 1. The molecule has 0 saturated heterocycles. The van der Waals surface area contributed by atoms with Crippen molar-refractivity contribution in [2.45, 2.75) is 6.42 Å². The number of methoxy groups -OCH3 is 1. The number of para-hydroxylation sites is 2. The molecule has 1 aromatic carbocycles. The van der Waals surface area contributed by atoms with Gasteiger partial charge in [-0.15, -0.1) is 0 Å². The second-order valence-electron chi connectivity index (χ2n) is 3.88. The van der Waals surface area contributed by atoms with Crippen molar-refractivity contribution < 1.29 is 9.53 Å². The zero-order valence-electron chi connectivity index (χ0n) is 10.4. The fourth-order valence-electron chi connectivity index (χ4n) is 1.65. The van der Waals surface area contributed by atoms with Crippen LogP contribution in [0.25, 0.3) is 0 Å². The van der Waals surface area contributed by atoms with E-state index in [1.54, 1.807) is 25.4 Å². The first kappa shape index (κ1) is 12.2. The Morgan fingerprint density at radius 1 is 1.44 bits per heavy atom. The monoisotopic (exact) mass is 245 g/mol. The average Bonchev–Trinajstić information content (AvgIpc) is 2.75. The first-order valence-corrected chi connectivity index (χ1v) is 5.60. The molecule has 1 N–H and O–H groups in total. The van der Waals surface area contributed by atoms with Crippen LogP contribution >= 0.6 is 0 Å². The topological polar surface area (TPSA) is 56.1 Å². The molecule has 1 aromatic heterocycles. The first-order valence-electron chi connectivity index (χ1n) is 5.60. The number of carbonyl (C=O) groups is 1. The van der Waals surface area contributed by atoms with Crippen LogP contribution in [0.15, 0.2) is 36.7 Å². The second kappa shape index (κ2) is 5.35. The molecule has 0 aliphatic rings. The average molecular weight is 245 g/mol. The van der Waals surface area contributed by atoms with Crippen LogP contribution in [0.1, 0.15) is 5.82 Å². The van der Waals surface area contributed by atoms with Crippen molar-refractivity contribution in [3.63, 3.8) is 0 Å². The van der Waals surface area contributed by atoms with Gasteiger partial charge in [0.25, 0.3) is 0 Å². The van der Waals surface area contributed by atoms with Crippen molar-refractivity contribution in [2.24, 2.45) is 7.05 Å². The number of aryl methyl sites for hydroxylation is 1. The van der Waals surface area contributed by atoms with Crippen molar-refractivity contribution in [3.8, 4) is 5.75 Å². The Bertz CT molecular complexity index is 549. The van der Waals surface area contributed by atoms with Crippen molar-refractivity contribution in [3.05, 3.63) is 42.5 Å². The molecule has 18 heavy (non-hydrogen) atoms. The summed E-state index contributed by atoms with van der Waals surface area (Å²) in [6.45, 7) is 0. The molecule has 0 aliphatic carbocycles. The first-order chi connectivity index (χ1) is 8.70. The van der Waals surface area contributed by atoms with E-state index < -0.39 is 0 Å². The van der Waals surface area contributed by atoms with E-state index in [9.17, 15) is 4.79 Å². The van der Waals surface area contributed by atoms with Crippen LogP contribution in [0.3, 0.4) is 0 Å². The van der Waals surface area contributed by atoms with E-state index in [1.807, 2.05) is 29.9 Å². The zero-order chi connectivity index (χ0) is 13.0. The number of nitrogens with one attached hydrogen (secondary N) is 1. The van der Waals surface area contributed by atoms with E-state index in [4.69, 9.17) is 4.74 Å². The summed E-state index contributed by atoms with van der Waals surface area (Å²) in [5, 5.41) is 2.81. The minimum absolute atomic E-state index is 0.117. The lowest BCUT2D eigenvalue weighted by atomic mass is 10.2. The van der Waals surface area contributed by atoms with Crippen LogP contribution in [0.5, 0.6) is 5.75 Å². The second-order valence-corrected chi connectivity index (χ2v) is 3.88. The molecule has 0 spiro atoms. The SMILES string of the molecule is COc1ccccc1NC(=O)Cc1nccn1C. The van der Waals surface area contributed by atoms with Crippen LogP contribution in [0.4, 0.5) is 5.69 Å². The van der Waals surface area contributed by atoms with Gasteiger partial charge < -0.3 is 14.6 Å². The van der Waals surface area contributed by atoms with Gasteiger partial charge in [0, 0.05) is 19.4 Å². The summed E-state index contributed by atoms with van der Waals surface area (Å²) in [5.74, 6) is 1.25. The van der Waals surface area contributed by atoms with Gasteiger partial charge in [-0.05, 0) is 12.1 Å². The maximum atomic E-state index is 11.9. The summed E-state index contributed by atoms with van der Waals surface area (Å²) in [6.07, 6.45) is 3.72. The Morgan fingerprint density at radius 2 is 2.22 bits per heavy atom. The molecule has 0 radical (unpaired) electrons. The predicted molar refractivity (Wildman–Crippen MR) is 68.5 cm³/mol. The zero-order valence-corrected chi connectivity index (χ0v) is 10.4. The molecule has 1 amide bonds. The molecule has 0 bridgehead atoms. The smallest absolute Gasteiger partial charge is 0.232 e. The summed E-state index contributed by atoms with van der Waals surface area (Å²) in [4.78, 5) is 16.0. The number of aromatic nitrogens is 2. The van der Waals surface area contributed by atoms with Gasteiger partial charge in [-0.2, -0.15) is 0 Å². The molecule has 0 atom stereocenters. The van der Waals surface area contributed by atoms with Gasteiger partial charge >= 0.3 is 0 Å². The number of anilines is 1. The molecule has 1 heterocycles. The Hall–Kier alpha value is -2.30. The lowest BCUT2D eigenvalue weighted by Crippen LogP contribution is -2.17. The fourth-order valence-corrected chi connectivity index (χ4v) is 1.65. The van der Waals surface area contributed by atoms with Crippen molar-refractivity contribution in [1.82, 2.24) is 9.55 Å². The normalized spacial score (nSPS) is 10.1. The van der Waals surface area contributed by atoms with Gasteiger partial charge in [-0.25, -0.2) is 4.98 Å². The number of hydrogen-bond donors (Lipinski definition) is 1. The third kappa shape index (κ3) is 2.68. The molecule has 0 aliphatic heterocycles. The van der Waals surface area contributed by atoms with Gasteiger partial charge in [-0.3, -0.25) is 4.79 Å². The third-order valence-electron chi connectivity index (χ3n) is 2.62. The summed E-state index contributed by atoms with van der Waals surface area (Å²) >= 11 is 0. The maximum absolute atomic E-state index is 11.9. The van der Waals surface area contributed by atoms with Crippen LogP contribution in [-0.2, 0) is 18.3 Å². The quantitative estimate of drug-likeness (QED) is 0.890. The molecule has 0 saturated carbocycles. The molecular formula is C13H15N3O2. The lowest BCUT2D eigenvalue weighted by molar-refractivity contribution is -0.115. The van der Waals surface area contributed by atoms with Gasteiger partial charge in [0.05, 0.1) is 19.2 Å². The summed E-state index contributed by atoms with van der Waals surface area (Å²) in [7, 11) is 3.43. The van der Waals surface area contributed by atoms with E-state index in [-0.39, 0.29) is 12.3 Å². The van der Waals surface area contributed by atoms with Gasteiger partial charge in [0.15, 0.2) is 0 Å². The summed E-state index contributed by atoms with van der Waals surface area (Å²) in [6, 6.07) is 7.30. The lowest BCUT2D eigenvalue weighted by Gasteiger charge is -2.09. The molecule has 5 heteroatoms. The summed E-state index contributed by atoms with van der Waals surface area (Å²) < 4.78 is 6.99. The standard InChI is InChI=1S/C13H15N3O2/c1-16-8-7-14-12(16)9-13(17)15-10-5-3-4-6-11(10)18-2/h3-8H,9H2,1-2H3,(H,15,17). The van der Waals surface area contributed by atoms with Crippen LogP contribution in [0, 0.1) is 0 Å². The van der Waals surface area contributed by atoms with Crippen LogP contribution in [0.2, 0.25) is 0 Å². The number of hydrogen-bond acceptors (Lipinski definition) is 3. The van der Waals surface area contributed by atoms with Crippen LogP contribution < -0.4 is 10.1 Å². The van der Waals surface area contributed by atoms with E-state index in [1.165, 1.54) is 0 Å². The van der Waals surface area contributed by atoms with Crippen molar-refractivity contribution in [2.75, 3.05) is 12.4 Å².